The molecular weight excluding hydrogens is 406 g/mol. The fourth-order valence-corrected chi connectivity index (χ4v) is 4.24. The van der Waals surface area contributed by atoms with E-state index in [1.54, 1.807) is 7.11 Å². The summed E-state index contributed by atoms with van der Waals surface area (Å²) in [4.78, 5) is 15.6. The Hall–Kier alpha value is -3.09. The Morgan fingerprint density at radius 1 is 1.06 bits per heavy atom. The van der Waals surface area contributed by atoms with Crippen LogP contribution in [0, 0.1) is 11.3 Å². The summed E-state index contributed by atoms with van der Waals surface area (Å²) < 4.78 is 10.9. The minimum absolute atomic E-state index is 0.514. The van der Waals surface area contributed by atoms with Crippen LogP contribution in [0.2, 0.25) is 0 Å². The molecule has 0 radical (unpaired) electrons. The molecule has 2 fully saturated rings. The summed E-state index contributed by atoms with van der Waals surface area (Å²) in [5.41, 5.74) is 1.68. The normalized spacial score (nSPS) is 17.1. The number of benzene rings is 1. The van der Waals surface area contributed by atoms with Gasteiger partial charge in [-0.05, 0) is 25.1 Å². The Morgan fingerprint density at radius 3 is 2.59 bits per heavy atom. The molecule has 2 aliphatic rings. The van der Waals surface area contributed by atoms with Crippen LogP contribution in [0.1, 0.15) is 12.0 Å². The van der Waals surface area contributed by atoms with Crippen LogP contribution in [0.5, 0.6) is 5.75 Å². The predicted octanol–water partition coefficient (Wildman–Crippen LogP) is 1.82. The van der Waals surface area contributed by atoms with Crippen LogP contribution in [0.4, 0.5) is 17.3 Å². The van der Waals surface area contributed by atoms with E-state index in [0.29, 0.717) is 30.4 Å². The quantitative estimate of drug-likeness (QED) is 0.621. The molecule has 0 bridgehead atoms. The second kappa shape index (κ2) is 11.0. The Bertz CT molecular complexity index is 919. The minimum Gasteiger partial charge on any atom is -0.495 e. The number of hydrogen-bond acceptors (Lipinski definition) is 9. The van der Waals surface area contributed by atoms with Crippen molar-refractivity contribution in [1.29, 1.82) is 5.26 Å². The molecule has 0 amide bonds. The molecular formula is C23H31N7O2. The lowest BCUT2D eigenvalue weighted by atomic mass is 10.2. The molecule has 0 spiro atoms. The predicted molar refractivity (Wildman–Crippen MR) is 125 cm³/mol. The summed E-state index contributed by atoms with van der Waals surface area (Å²) in [5, 5.41) is 13.0. The molecule has 9 heteroatoms. The maximum Gasteiger partial charge on any atom is 0.152 e. The van der Waals surface area contributed by atoms with Gasteiger partial charge in [0.1, 0.15) is 29.5 Å². The van der Waals surface area contributed by atoms with Gasteiger partial charge in [-0.2, -0.15) is 5.26 Å². The number of methoxy groups -OCH3 is 1. The summed E-state index contributed by atoms with van der Waals surface area (Å²) in [6.45, 7) is 8.59. The van der Waals surface area contributed by atoms with Crippen molar-refractivity contribution in [2.75, 3.05) is 87.8 Å². The van der Waals surface area contributed by atoms with Crippen molar-refractivity contribution in [3.63, 3.8) is 0 Å². The standard InChI is InChI=1S/C23H31N7O2/c1-31-21-6-3-2-5-20(21)29-11-9-28(10-12-29)8-4-7-25-22-19(17-24)23(27-18-26-22)30-13-15-32-16-14-30/h2-3,5-6,18H,4,7-16H2,1H3,(H,25,26,27). The third-order valence-electron chi connectivity index (χ3n) is 5.99. The topological polar surface area (TPSA) is 89.8 Å². The zero-order chi connectivity index (χ0) is 22.2. The number of anilines is 3. The highest BCUT2D eigenvalue weighted by Crippen LogP contribution is 2.28. The largest absolute Gasteiger partial charge is 0.495 e. The van der Waals surface area contributed by atoms with Gasteiger partial charge in [0.15, 0.2) is 5.82 Å². The first kappa shape index (κ1) is 22.1. The number of piperazine rings is 1. The number of aromatic nitrogens is 2. The van der Waals surface area contributed by atoms with Crippen LogP contribution in [0.25, 0.3) is 0 Å². The SMILES string of the molecule is COc1ccccc1N1CCN(CCCNc2ncnc(N3CCOCC3)c2C#N)CC1. The van der Waals surface area contributed by atoms with Gasteiger partial charge in [0, 0.05) is 45.8 Å². The van der Waals surface area contributed by atoms with E-state index in [2.05, 4.69) is 48.2 Å². The zero-order valence-electron chi connectivity index (χ0n) is 18.7. The number of hydrogen-bond donors (Lipinski definition) is 1. The second-order valence-electron chi connectivity index (χ2n) is 7.91. The van der Waals surface area contributed by atoms with E-state index in [1.165, 1.54) is 12.0 Å². The maximum absolute atomic E-state index is 9.70. The number of nitrogens with zero attached hydrogens (tertiary/aromatic N) is 6. The Balaban J connectivity index is 1.24. The lowest BCUT2D eigenvalue weighted by molar-refractivity contribution is 0.122. The van der Waals surface area contributed by atoms with E-state index < -0.39 is 0 Å². The van der Waals surface area contributed by atoms with E-state index in [1.807, 2.05) is 12.1 Å². The van der Waals surface area contributed by atoms with Gasteiger partial charge in [0.25, 0.3) is 0 Å². The average molecular weight is 438 g/mol. The van der Waals surface area contributed by atoms with Crippen LogP contribution in [-0.4, -0.2) is 87.5 Å². The first-order valence-corrected chi connectivity index (χ1v) is 11.2. The summed E-state index contributed by atoms with van der Waals surface area (Å²) in [6.07, 6.45) is 2.52. The minimum atomic E-state index is 0.514. The van der Waals surface area contributed by atoms with Crippen molar-refractivity contribution in [3.8, 4) is 11.8 Å². The first-order valence-electron chi connectivity index (χ1n) is 11.2. The fraction of sp³-hybridized carbons (Fsp3) is 0.522. The van der Waals surface area contributed by atoms with Crippen molar-refractivity contribution >= 4 is 17.3 Å². The molecule has 2 aromatic rings. The molecule has 2 aliphatic heterocycles. The van der Waals surface area contributed by atoms with Gasteiger partial charge < -0.3 is 24.6 Å². The molecule has 9 nitrogen and oxygen atoms in total. The average Bonchev–Trinajstić information content (AvgIpc) is 2.87. The van der Waals surface area contributed by atoms with Gasteiger partial charge in [-0.15, -0.1) is 0 Å². The highest BCUT2D eigenvalue weighted by molar-refractivity contribution is 5.65. The van der Waals surface area contributed by atoms with E-state index in [0.717, 1.165) is 64.5 Å². The lowest BCUT2D eigenvalue weighted by Crippen LogP contribution is -2.47. The molecule has 3 heterocycles. The van der Waals surface area contributed by atoms with Gasteiger partial charge in [0.05, 0.1) is 26.0 Å². The Kier molecular flexibility index (Phi) is 7.59. The fourth-order valence-electron chi connectivity index (χ4n) is 4.24. The molecule has 2 saturated heterocycles. The van der Waals surface area contributed by atoms with Gasteiger partial charge in [-0.25, -0.2) is 9.97 Å². The van der Waals surface area contributed by atoms with Gasteiger partial charge in [0.2, 0.25) is 0 Å². The number of rotatable bonds is 8. The summed E-state index contributed by atoms with van der Waals surface area (Å²) in [6, 6.07) is 10.5. The summed E-state index contributed by atoms with van der Waals surface area (Å²) in [7, 11) is 1.72. The number of morpholine rings is 1. The number of ether oxygens (including phenoxy) is 2. The lowest BCUT2D eigenvalue weighted by Gasteiger charge is -2.36. The Labute approximate surface area is 189 Å². The number of nitrogens with one attached hydrogen (secondary N) is 1. The zero-order valence-corrected chi connectivity index (χ0v) is 18.7. The van der Waals surface area contributed by atoms with Crippen LogP contribution in [-0.2, 0) is 4.74 Å². The first-order chi connectivity index (χ1) is 15.8. The summed E-state index contributed by atoms with van der Waals surface area (Å²) >= 11 is 0. The molecule has 4 rings (SSSR count). The van der Waals surface area contributed by atoms with E-state index in [9.17, 15) is 5.26 Å². The van der Waals surface area contributed by atoms with Crippen molar-refractivity contribution in [2.24, 2.45) is 0 Å². The molecule has 0 unspecified atom stereocenters. The molecule has 0 aliphatic carbocycles. The van der Waals surface area contributed by atoms with Crippen molar-refractivity contribution in [3.05, 3.63) is 36.2 Å². The molecule has 0 atom stereocenters. The van der Waals surface area contributed by atoms with Gasteiger partial charge in [-0.3, -0.25) is 4.90 Å². The van der Waals surface area contributed by atoms with Gasteiger partial charge in [-0.1, -0.05) is 12.1 Å². The number of para-hydroxylation sites is 2. The molecule has 32 heavy (non-hydrogen) atoms. The van der Waals surface area contributed by atoms with Crippen LogP contribution < -0.4 is 19.9 Å². The van der Waals surface area contributed by atoms with E-state index >= 15 is 0 Å². The molecule has 1 aromatic carbocycles. The van der Waals surface area contributed by atoms with E-state index in [4.69, 9.17) is 9.47 Å². The van der Waals surface area contributed by atoms with Gasteiger partial charge >= 0.3 is 0 Å². The number of nitriles is 1. The smallest absolute Gasteiger partial charge is 0.152 e. The van der Waals surface area contributed by atoms with Crippen molar-refractivity contribution in [2.45, 2.75) is 6.42 Å². The second-order valence-corrected chi connectivity index (χ2v) is 7.91. The third-order valence-corrected chi connectivity index (χ3v) is 5.99. The van der Waals surface area contributed by atoms with Crippen molar-refractivity contribution < 1.29 is 9.47 Å². The van der Waals surface area contributed by atoms with Crippen LogP contribution in [0.15, 0.2) is 30.6 Å². The van der Waals surface area contributed by atoms with Crippen LogP contribution in [0.3, 0.4) is 0 Å². The van der Waals surface area contributed by atoms with E-state index in [-0.39, 0.29) is 0 Å². The highest BCUT2D eigenvalue weighted by Gasteiger charge is 2.21. The third kappa shape index (κ3) is 5.21. The molecule has 1 aromatic heterocycles. The monoisotopic (exact) mass is 437 g/mol. The molecule has 1 N–H and O–H groups in total. The summed E-state index contributed by atoms with van der Waals surface area (Å²) in [5.74, 6) is 2.24. The maximum atomic E-state index is 9.70. The van der Waals surface area contributed by atoms with Crippen LogP contribution >= 0.6 is 0 Å². The molecule has 0 saturated carbocycles. The molecule has 170 valence electrons. The highest BCUT2D eigenvalue weighted by atomic mass is 16.5. The Morgan fingerprint density at radius 2 is 1.84 bits per heavy atom. The van der Waals surface area contributed by atoms with Crippen molar-refractivity contribution in [1.82, 2.24) is 14.9 Å².